The predicted molar refractivity (Wildman–Crippen MR) is 137 cm³/mol. The molecule has 0 radical (unpaired) electrons. The van der Waals surface area contributed by atoms with Gasteiger partial charge in [0.05, 0.1) is 11.4 Å². The van der Waals surface area contributed by atoms with Gasteiger partial charge >= 0.3 is 0 Å². The van der Waals surface area contributed by atoms with Crippen LogP contribution < -0.4 is 5.32 Å². The largest absolute Gasteiger partial charge is 0.380 e. The molecule has 5 aromatic rings. The van der Waals surface area contributed by atoms with E-state index in [4.69, 9.17) is 9.97 Å². The Kier molecular flexibility index (Phi) is 6.15. The van der Waals surface area contributed by atoms with Gasteiger partial charge in [-0.15, -0.1) is 0 Å². The van der Waals surface area contributed by atoms with Crippen molar-refractivity contribution in [2.24, 2.45) is 0 Å². The molecule has 0 saturated heterocycles. The Morgan fingerprint density at radius 2 is 1.12 bits per heavy atom. The maximum Gasteiger partial charge on any atom is 0.227 e. The van der Waals surface area contributed by atoms with Crippen molar-refractivity contribution in [1.29, 1.82) is 0 Å². The summed E-state index contributed by atoms with van der Waals surface area (Å²) in [7, 11) is 0. The van der Waals surface area contributed by atoms with Crippen LogP contribution in [0.1, 0.15) is 16.8 Å². The van der Waals surface area contributed by atoms with E-state index in [1.54, 1.807) is 0 Å². The molecular weight excluding hydrogens is 418 g/mol. The first-order valence-electron chi connectivity index (χ1n) is 11.3. The number of nitrogens with one attached hydrogen (secondary N) is 1. The van der Waals surface area contributed by atoms with Crippen LogP contribution in [0.5, 0.6) is 0 Å². The number of anilines is 2. The fourth-order valence-electron chi connectivity index (χ4n) is 4.11. The summed E-state index contributed by atoms with van der Waals surface area (Å²) in [5, 5.41) is 15.4. The lowest BCUT2D eigenvalue weighted by atomic mass is 9.82. The number of hydrogen-bond acceptors (Lipinski definition) is 4. The predicted octanol–water partition coefficient (Wildman–Crippen LogP) is 6.37. The summed E-state index contributed by atoms with van der Waals surface area (Å²) in [5.74, 6) is 0.492. The minimum Gasteiger partial charge on any atom is -0.380 e. The van der Waals surface area contributed by atoms with Crippen molar-refractivity contribution in [3.8, 4) is 11.3 Å². The molecule has 166 valence electrons. The molecule has 2 N–H and O–H groups in total. The van der Waals surface area contributed by atoms with Gasteiger partial charge in [-0.1, -0.05) is 109 Å². The average Bonchev–Trinajstić information content (AvgIpc) is 2.90. The summed E-state index contributed by atoms with van der Waals surface area (Å²) in [5.41, 5.74) is 3.83. The molecule has 0 atom stereocenters. The molecule has 4 heteroatoms. The molecule has 0 unspecified atom stereocenters. The van der Waals surface area contributed by atoms with Crippen molar-refractivity contribution in [3.63, 3.8) is 0 Å². The summed E-state index contributed by atoms with van der Waals surface area (Å²) < 4.78 is 0. The second-order valence-corrected chi connectivity index (χ2v) is 8.19. The van der Waals surface area contributed by atoms with Crippen LogP contribution in [0, 0.1) is 0 Å². The highest BCUT2D eigenvalue weighted by Crippen LogP contribution is 2.34. The van der Waals surface area contributed by atoms with Crippen LogP contribution in [0.25, 0.3) is 11.3 Å². The molecule has 1 aromatic heterocycles. The second-order valence-electron chi connectivity index (χ2n) is 8.19. The molecule has 0 aliphatic heterocycles. The lowest BCUT2D eigenvalue weighted by Crippen LogP contribution is -2.30. The molecule has 0 amide bonds. The van der Waals surface area contributed by atoms with Gasteiger partial charge < -0.3 is 10.4 Å². The van der Waals surface area contributed by atoms with Crippen LogP contribution in [0.15, 0.2) is 127 Å². The fourth-order valence-corrected chi connectivity index (χ4v) is 4.11. The minimum absolute atomic E-state index is 0.298. The van der Waals surface area contributed by atoms with Crippen molar-refractivity contribution in [1.82, 2.24) is 9.97 Å². The Labute approximate surface area is 199 Å². The van der Waals surface area contributed by atoms with Gasteiger partial charge in [0.1, 0.15) is 5.60 Å². The van der Waals surface area contributed by atoms with Crippen LogP contribution in [0.3, 0.4) is 0 Å². The zero-order chi connectivity index (χ0) is 23.2. The highest BCUT2D eigenvalue weighted by molar-refractivity contribution is 5.63. The SMILES string of the molecule is OC(Cc1cc(-c2ccccc2)nc(Nc2ccccc2)n1)(c1ccccc1)c1ccccc1. The lowest BCUT2D eigenvalue weighted by molar-refractivity contribution is 0.0801. The zero-order valence-corrected chi connectivity index (χ0v) is 18.7. The van der Waals surface area contributed by atoms with Gasteiger partial charge in [0, 0.05) is 17.7 Å². The Bertz CT molecular complexity index is 1300. The molecule has 34 heavy (non-hydrogen) atoms. The molecule has 5 rings (SSSR count). The van der Waals surface area contributed by atoms with E-state index in [0.717, 1.165) is 33.8 Å². The number of para-hydroxylation sites is 1. The van der Waals surface area contributed by atoms with E-state index < -0.39 is 5.60 Å². The monoisotopic (exact) mass is 443 g/mol. The average molecular weight is 444 g/mol. The summed E-state index contributed by atoms with van der Waals surface area (Å²) in [6.45, 7) is 0. The fraction of sp³-hybridized carbons (Fsp3) is 0.0667. The first-order valence-corrected chi connectivity index (χ1v) is 11.3. The number of aliphatic hydroxyl groups is 1. The van der Waals surface area contributed by atoms with Crippen LogP contribution in [0.4, 0.5) is 11.6 Å². The third-order valence-corrected chi connectivity index (χ3v) is 5.82. The third kappa shape index (κ3) is 4.72. The van der Waals surface area contributed by atoms with E-state index in [9.17, 15) is 5.11 Å². The molecule has 0 bridgehead atoms. The first-order chi connectivity index (χ1) is 16.7. The Morgan fingerprint density at radius 3 is 1.68 bits per heavy atom. The molecule has 0 spiro atoms. The maximum atomic E-state index is 12.1. The molecule has 0 aliphatic rings. The highest BCUT2D eigenvalue weighted by Gasteiger charge is 2.32. The smallest absolute Gasteiger partial charge is 0.227 e. The Morgan fingerprint density at radius 1 is 0.618 bits per heavy atom. The number of hydrogen-bond donors (Lipinski definition) is 2. The number of nitrogens with zero attached hydrogens (tertiary/aromatic N) is 2. The molecule has 4 nitrogen and oxygen atoms in total. The Hall–Kier alpha value is -4.28. The van der Waals surface area contributed by atoms with Gasteiger partial charge in [0.15, 0.2) is 0 Å². The summed E-state index contributed by atoms with van der Waals surface area (Å²) in [4.78, 5) is 9.58. The topological polar surface area (TPSA) is 58.0 Å². The number of aromatic nitrogens is 2. The minimum atomic E-state index is -1.24. The third-order valence-electron chi connectivity index (χ3n) is 5.82. The number of rotatable bonds is 7. The molecule has 1 heterocycles. The highest BCUT2D eigenvalue weighted by atomic mass is 16.3. The number of benzene rings is 4. The molecule has 0 fully saturated rings. The molecule has 0 aliphatic carbocycles. The summed E-state index contributed by atoms with van der Waals surface area (Å²) in [6, 6.07) is 41.3. The van der Waals surface area contributed by atoms with E-state index in [-0.39, 0.29) is 0 Å². The van der Waals surface area contributed by atoms with Crippen LogP contribution in [-0.4, -0.2) is 15.1 Å². The van der Waals surface area contributed by atoms with E-state index >= 15 is 0 Å². The van der Waals surface area contributed by atoms with Gasteiger partial charge in [-0.2, -0.15) is 0 Å². The van der Waals surface area contributed by atoms with Crippen LogP contribution >= 0.6 is 0 Å². The lowest BCUT2D eigenvalue weighted by Gasteiger charge is -2.29. The van der Waals surface area contributed by atoms with Gasteiger partial charge in [0.2, 0.25) is 5.95 Å². The van der Waals surface area contributed by atoms with Gasteiger partial charge in [-0.05, 0) is 29.3 Å². The first kappa shape index (κ1) is 21.6. The molecular formula is C30H25N3O. The van der Waals surface area contributed by atoms with Crippen LogP contribution in [-0.2, 0) is 12.0 Å². The molecule has 0 saturated carbocycles. The second kappa shape index (κ2) is 9.69. The van der Waals surface area contributed by atoms with Gasteiger partial charge in [-0.3, -0.25) is 0 Å². The van der Waals surface area contributed by atoms with Crippen molar-refractivity contribution >= 4 is 11.6 Å². The summed E-state index contributed by atoms with van der Waals surface area (Å²) >= 11 is 0. The van der Waals surface area contributed by atoms with Crippen molar-refractivity contribution in [3.05, 3.63) is 144 Å². The zero-order valence-electron chi connectivity index (χ0n) is 18.7. The van der Waals surface area contributed by atoms with E-state index in [1.807, 2.05) is 127 Å². The normalized spacial score (nSPS) is 11.2. The van der Waals surface area contributed by atoms with E-state index in [2.05, 4.69) is 5.32 Å². The van der Waals surface area contributed by atoms with Crippen LogP contribution in [0.2, 0.25) is 0 Å². The van der Waals surface area contributed by atoms with Gasteiger partial charge in [-0.25, -0.2) is 9.97 Å². The van der Waals surface area contributed by atoms with E-state index in [0.29, 0.717) is 12.4 Å². The summed E-state index contributed by atoms with van der Waals surface area (Å²) in [6.07, 6.45) is 0.298. The van der Waals surface area contributed by atoms with Crippen molar-refractivity contribution in [2.75, 3.05) is 5.32 Å². The quantitative estimate of drug-likeness (QED) is 0.307. The van der Waals surface area contributed by atoms with Crippen molar-refractivity contribution in [2.45, 2.75) is 12.0 Å². The van der Waals surface area contributed by atoms with E-state index in [1.165, 1.54) is 0 Å². The Balaban J connectivity index is 1.60. The van der Waals surface area contributed by atoms with Crippen molar-refractivity contribution < 1.29 is 5.11 Å². The van der Waals surface area contributed by atoms with Gasteiger partial charge in [0.25, 0.3) is 0 Å². The maximum absolute atomic E-state index is 12.1. The standard InChI is InChI=1S/C30H25N3O/c34-30(24-15-7-2-8-16-24,25-17-9-3-10-18-25)22-27-21-28(23-13-5-1-6-14-23)33-29(32-27)31-26-19-11-4-12-20-26/h1-21,34H,22H2,(H,31,32,33). The molecule has 4 aromatic carbocycles.